The summed E-state index contributed by atoms with van der Waals surface area (Å²) >= 11 is 0. The average Bonchev–Trinajstić information content (AvgIpc) is 2.65. The summed E-state index contributed by atoms with van der Waals surface area (Å²) in [6.07, 6.45) is 5.08. The van der Waals surface area contributed by atoms with E-state index in [2.05, 4.69) is 27.2 Å². The quantitative estimate of drug-likeness (QED) is 0.730. The molecule has 7 nitrogen and oxygen atoms in total. The van der Waals surface area contributed by atoms with Crippen molar-refractivity contribution in [2.24, 2.45) is 5.41 Å². The third-order valence-electron chi connectivity index (χ3n) is 4.30. The van der Waals surface area contributed by atoms with E-state index in [0.29, 0.717) is 12.6 Å². The highest BCUT2D eigenvalue weighted by atomic mass is 16.5. The molecule has 26 heavy (non-hydrogen) atoms. The van der Waals surface area contributed by atoms with Crippen molar-refractivity contribution in [3.8, 4) is 11.8 Å². The summed E-state index contributed by atoms with van der Waals surface area (Å²) in [5.74, 6) is 1.58. The maximum atomic E-state index is 5.95. The highest BCUT2D eigenvalue weighted by Gasteiger charge is 2.34. The zero-order valence-electron chi connectivity index (χ0n) is 14.7. The highest BCUT2D eigenvalue weighted by Crippen LogP contribution is 2.30. The van der Waals surface area contributed by atoms with Gasteiger partial charge < -0.3 is 19.5 Å². The van der Waals surface area contributed by atoms with E-state index in [-0.39, 0.29) is 5.41 Å². The third kappa shape index (κ3) is 3.39. The van der Waals surface area contributed by atoms with Gasteiger partial charge in [0.05, 0.1) is 45.0 Å². The van der Waals surface area contributed by atoms with Gasteiger partial charge in [0.25, 0.3) is 0 Å². The number of nitrogens with zero attached hydrogens (tertiary/aromatic N) is 3. The summed E-state index contributed by atoms with van der Waals surface area (Å²) in [6.45, 7) is 4.32. The molecule has 1 aliphatic rings. The molecule has 0 atom stereocenters. The molecule has 3 heterocycles. The van der Waals surface area contributed by atoms with E-state index < -0.39 is 0 Å². The number of methoxy groups -OCH3 is 1. The predicted octanol–water partition coefficient (Wildman–Crippen LogP) is 3.19. The van der Waals surface area contributed by atoms with Crippen molar-refractivity contribution in [1.29, 1.82) is 0 Å². The molecule has 0 aliphatic carbocycles. The maximum Gasteiger partial charge on any atom is 0.316 e. The fourth-order valence-electron chi connectivity index (χ4n) is 2.76. The molecular weight excluding hydrogens is 332 g/mol. The molecule has 1 fully saturated rings. The number of nitrogens with one attached hydrogen (secondary N) is 1. The van der Waals surface area contributed by atoms with Crippen LogP contribution in [0.5, 0.6) is 11.8 Å². The fourth-order valence-corrected chi connectivity index (χ4v) is 2.76. The minimum atomic E-state index is 0.119. The number of hydrogen-bond donors (Lipinski definition) is 1. The van der Waals surface area contributed by atoms with Gasteiger partial charge in [0.15, 0.2) is 0 Å². The van der Waals surface area contributed by atoms with E-state index in [1.807, 2.05) is 24.3 Å². The Morgan fingerprint density at radius 2 is 1.96 bits per heavy atom. The Kier molecular flexibility index (Phi) is 4.30. The van der Waals surface area contributed by atoms with Gasteiger partial charge in [-0.1, -0.05) is 6.92 Å². The largest absolute Gasteiger partial charge is 0.493 e. The first-order valence-corrected chi connectivity index (χ1v) is 8.38. The number of benzene rings is 1. The minimum absolute atomic E-state index is 0.119. The van der Waals surface area contributed by atoms with Crippen LogP contribution in [-0.4, -0.2) is 41.9 Å². The zero-order valence-corrected chi connectivity index (χ0v) is 14.7. The summed E-state index contributed by atoms with van der Waals surface area (Å²) in [7, 11) is 1.53. The lowest BCUT2D eigenvalue weighted by Crippen LogP contribution is -2.44. The van der Waals surface area contributed by atoms with Gasteiger partial charge in [0.2, 0.25) is 0 Å². The van der Waals surface area contributed by atoms with Gasteiger partial charge in [0, 0.05) is 17.0 Å². The predicted molar refractivity (Wildman–Crippen MR) is 98.0 cm³/mol. The van der Waals surface area contributed by atoms with Crippen molar-refractivity contribution in [3.05, 3.63) is 42.9 Å². The van der Waals surface area contributed by atoms with E-state index in [1.165, 1.54) is 7.11 Å². The van der Waals surface area contributed by atoms with Crippen molar-refractivity contribution >= 4 is 22.3 Å². The molecule has 1 N–H and O–H groups in total. The summed E-state index contributed by atoms with van der Waals surface area (Å²) in [5.41, 5.74) is 0.859. The van der Waals surface area contributed by atoms with Crippen LogP contribution in [0.25, 0.3) is 10.8 Å². The molecule has 0 bridgehead atoms. The van der Waals surface area contributed by atoms with Crippen molar-refractivity contribution in [2.45, 2.75) is 6.92 Å². The van der Waals surface area contributed by atoms with Crippen LogP contribution in [0.1, 0.15) is 6.92 Å². The molecule has 1 saturated heterocycles. The van der Waals surface area contributed by atoms with Crippen LogP contribution in [0.15, 0.2) is 42.9 Å². The Balaban J connectivity index is 1.54. The monoisotopic (exact) mass is 352 g/mol. The standard InChI is InChI=1S/C19H20N4O3/c1-19(10-25-11-19)12-26-15-3-4-16-13(7-15)5-6-20-17(16)23-14-8-21-18(24-2)22-9-14/h3-9H,10-12H2,1-2H3,(H,20,23). The molecule has 4 rings (SSSR count). The van der Waals surface area contributed by atoms with Crippen LogP contribution in [0.3, 0.4) is 0 Å². The molecule has 134 valence electrons. The van der Waals surface area contributed by atoms with E-state index in [4.69, 9.17) is 14.2 Å². The van der Waals surface area contributed by atoms with Gasteiger partial charge >= 0.3 is 6.01 Å². The summed E-state index contributed by atoms with van der Waals surface area (Å²) < 4.78 is 16.2. The number of fused-ring (bicyclic) bond motifs is 1. The van der Waals surface area contributed by atoms with Gasteiger partial charge in [-0.15, -0.1) is 0 Å². The molecule has 7 heteroatoms. The second kappa shape index (κ2) is 6.76. The van der Waals surface area contributed by atoms with Crippen molar-refractivity contribution < 1.29 is 14.2 Å². The van der Waals surface area contributed by atoms with Gasteiger partial charge in [-0.2, -0.15) is 0 Å². The Morgan fingerprint density at radius 1 is 1.15 bits per heavy atom. The van der Waals surface area contributed by atoms with Crippen molar-refractivity contribution in [1.82, 2.24) is 15.0 Å². The number of ether oxygens (including phenoxy) is 3. The molecule has 0 spiro atoms. The average molecular weight is 352 g/mol. The first kappa shape index (κ1) is 16.5. The molecule has 1 aliphatic heterocycles. The van der Waals surface area contributed by atoms with Crippen molar-refractivity contribution in [3.63, 3.8) is 0 Å². The molecule has 1 aromatic carbocycles. The molecular formula is C19H20N4O3. The van der Waals surface area contributed by atoms with Gasteiger partial charge in [-0.25, -0.2) is 15.0 Å². The lowest BCUT2D eigenvalue weighted by Gasteiger charge is -2.37. The van der Waals surface area contributed by atoms with Crippen molar-refractivity contribution in [2.75, 3.05) is 32.2 Å². The molecule has 0 unspecified atom stereocenters. The second-order valence-corrected chi connectivity index (χ2v) is 6.72. The molecule has 0 amide bonds. The summed E-state index contributed by atoms with van der Waals surface area (Å²) in [5, 5.41) is 5.28. The number of pyridine rings is 1. The van der Waals surface area contributed by atoms with Crippen LogP contribution in [0, 0.1) is 5.41 Å². The first-order valence-electron chi connectivity index (χ1n) is 8.38. The van der Waals surface area contributed by atoms with Gasteiger partial charge in [0.1, 0.15) is 11.6 Å². The maximum absolute atomic E-state index is 5.95. The van der Waals surface area contributed by atoms with Crippen LogP contribution < -0.4 is 14.8 Å². The first-order chi connectivity index (χ1) is 12.6. The third-order valence-corrected chi connectivity index (χ3v) is 4.30. The van der Waals surface area contributed by atoms with E-state index in [0.717, 1.165) is 41.2 Å². The van der Waals surface area contributed by atoms with Gasteiger partial charge in [-0.3, -0.25) is 0 Å². The van der Waals surface area contributed by atoms with Crippen LogP contribution in [0.2, 0.25) is 0 Å². The lowest BCUT2D eigenvalue weighted by molar-refractivity contribution is -0.120. The smallest absolute Gasteiger partial charge is 0.316 e. The molecule has 2 aromatic heterocycles. The number of hydrogen-bond acceptors (Lipinski definition) is 7. The minimum Gasteiger partial charge on any atom is -0.493 e. The molecule has 0 saturated carbocycles. The normalized spacial score (nSPS) is 15.3. The zero-order chi connectivity index (χ0) is 18.0. The topological polar surface area (TPSA) is 78.4 Å². The highest BCUT2D eigenvalue weighted by molar-refractivity contribution is 5.93. The number of rotatable bonds is 6. The Hall–Kier alpha value is -2.93. The lowest BCUT2D eigenvalue weighted by atomic mass is 9.90. The molecule has 3 aromatic rings. The SMILES string of the molecule is COc1ncc(Nc2nccc3cc(OCC4(C)COC4)ccc23)cn1. The van der Waals surface area contributed by atoms with Crippen LogP contribution >= 0.6 is 0 Å². The fraction of sp³-hybridized carbons (Fsp3) is 0.316. The summed E-state index contributed by atoms with van der Waals surface area (Å²) in [6, 6.07) is 8.28. The second-order valence-electron chi connectivity index (χ2n) is 6.72. The van der Waals surface area contributed by atoms with E-state index >= 15 is 0 Å². The Labute approximate surface area is 151 Å². The number of aromatic nitrogens is 3. The van der Waals surface area contributed by atoms with Gasteiger partial charge in [-0.05, 0) is 29.7 Å². The Morgan fingerprint density at radius 3 is 2.65 bits per heavy atom. The Bertz CT molecular complexity index is 910. The van der Waals surface area contributed by atoms with E-state index in [9.17, 15) is 0 Å². The van der Waals surface area contributed by atoms with E-state index in [1.54, 1.807) is 18.6 Å². The molecule has 0 radical (unpaired) electrons. The van der Waals surface area contributed by atoms with Crippen LogP contribution in [0.4, 0.5) is 11.5 Å². The van der Waals surface area contributed by atoms with Crippen LogP contribution in [-0.2, 0) is 4.74 Å². The summed E-state index contributed by atoms with van der Waals surface area (Å²) in [4.78, 5) is 12.6. The number of anilines is 2.